The van der Waals surface area contributed by atoms with Crippen LogP contribution in [0.4, 0.5) is 0 Å². The Morgan fingerprint density at radius 1 is 1.17 bits per heavy atom. The highest BCUT2D eigenvalue weighted by molar-refractivity contribution is 5.91. The average molecular weight is 314 g/mol. The van der Waals surface area contributed by atoms with Crippen molar-refractivity contribution in [3.8, 4) is 0 Å². The quantitative estimate of drug-likeness (QED) is 0.496. The summed E-state index contributed by atoms with van der Waals surface area (Å²) in [6.45, 7) is 2.11. The first-order valence-corrected chi connectivity index (χ1v) is 7.24. The Morgan fingerprint density at radius 3 is 2.48 bits per heavy atom. The molecule has 0 bridgehead atoms. The SMILES string of the molecule is C[C@@H](CNC(=O)COC(=O)c1cc[n+]([O-])cc1)c1ccccc1. The number of benzene rings is 1. The van der Waals surface area contributed by atoms with E-state index in [1.807, 2.05) is 37.3 Å². The van der Waals surface area contributed by atoms with Crippen LogP contribution in [0.1, 0.15) is 28.8 Å². The van der Waals surface area contributed by atoms with Gasteiger partial charge in [-0.1, -0.05) is 37.3 Å². The molecule has 0 saturated carbocycles. The maximum absolute atomic E-state index is 11.7. The van der Waals surface area contributed by atoms with Crippen molar-refractivity contribution in [2.75, 3.05) is 13.2 Å². The maximum atomic E-state index is 11.7. The molecule has 2 rings (SSSR count). The summed E-state index contributed by atoms with van der Waals surface area (Å²) in [4.78, 5) is 23.4. The van der Waals surface area contributed by atoms with Crippen LogP contribution in [0.2, 0.25) is 0 Å². The molecule has 6 nitrogen and oxygen atoms in total. The van der Waals surface area contributed by atoms with Crippen LogP contribution in [0.25, 0.3) is 0 Å². The van der Waals surface area contributed by atoms with Crippen molar-refractivity contribution in [1.29, 1.82) is 0 Å². The number of hydrogen-bond donors (Lipinski definition) is 1. The van der Waals surface area contributed by atoms with Gasteiger partial charge in [0.05, 0.1) is 5.56 Å². The van der Waals surface area contributed by atoms with Gasteiger partial charge in [-0.05, 0) is 11.5 Å². The first kappa shape index (κ1) is 16.5. The van der Waals surface area contributed by atoms with Crippen LogP contribution < -0.4 is 10.0 Å². The van der Waals surface area contributed by atoms with E-state index in [2.05, 4.69) is 5.32 Å². The van der Waals surface area contributed by atoms with Crippen LogP contribution >= 0.6 is 0 Å². The number of hydrogen-bond acceptors (Lipinski definition) is 4. The van der Waals surface area contributed by atoms with Crippen molar-refractivity contribution >= 4 is 11.9 Å². The molecule has 1 aromatic carbocycles. The summed E-state index contributed by atoms with van der Waals surface area (Å²) in [7, 11) is 0. The summed E-state index contributed by atoms with van der Waals surface area (Å²) >= 11 is 0. The number of nitrogens with one attached hydrogen (secondary N) is 1. The molecule has 1 aromatic heterocycles. The van der Waals surface area contributed by atoms with Crippen LogP contribution in [0.5, 0.6) is 0 Å². The third kappa shape index (κ3) is 5.10. The van der Waals surface area contributed by atoms with Gasteiger partial charge in [-0.2, -0.15) is 4.73 Å². The fraction of sp³-hybridized carbons (Fsp3) is 0.235. The second kappa shape index (κ2) is 7.93. The Bertz CT molecular complexity index is 656. The third-order valence-corrected chi connectivity index (χ3v) is 3.35. The lowest BCUT2D eigenvalue weighted by atomic mass is 10.0. The third-order valence-electron chi connectivity index (χ3n) is 3.35. The van der Waals surface area contributed by atoms with Crippen molar-refractivity contribution in [1.82, 2.24) is 5.32 Å². The van der Waals surface area contributed by atoms with Gasteiger partial charge in [0.25, 0.3) is 5.91 Å². The van der Waals surface area contributed by atoms with E-state index in [1.54, 1.807) is 0 Å². The standard InChI is InChI=1S/C17H18N2O4/c1-13(14-5-3-2-4-6-14)11-18-16(20)12-23-17(21)15-7-9-19(22)10-8-15/h2-10,13H,11-12H2,1H3,(H,18,20)/t13-/m0/s1. The molecule has 0 unspecified atom stereocenters. The van der Waals surface area contributed by atoms with Crippen LogP contribution in [-0.2, 0) is 9.53 Å². The largest absolute Gasteiger partial charge is 0.619 e. The summed E-state index contributed by atoms with van der Waals surface area (Å²) in [5.74, 6) is -0.842. The van der Waals surface area contributed by atoms with E-state index < -0.39 is 5.97 Å². The molecule has 0 aliphatic carbocycles. The highest BCUT2D eigenvalue weighted by Gasteiger charge is 2.12. The van der Waals surface area contributed by atoms with Gasteiger partial charge >= 0.3 is 5.97 Å². The molecular formula is C17H18N2O4. The molecule has 2 aromatic rings. The highest BCUT2D eigenvalue weighted by atomic mass is 16.5. The number of rotatable bonds is 6. The minimum Gasteiger partial charge on any atom is -0.619 e. The zero-order valence-electron chi connectivity index (χ0n) is 12.8. The lowest BCUT2D eigenvalue weighted by Gasteiger charge is -2.13. The molecule has 120 valence electrons. The van der Waals surface area contributed by atoms with Crippen molar-refractivity contribution in [3.63, 3.8) is 0 Å². The molecule has 0 fully saturated rings. The van der Waals surface area contributed by atoms with Crippen molar-refractivity contribution in [2.45, 2.75) is 12.8 Å². The number of nitrogens with zero attached hydrogens (tertiary/aromatic N) is 1. The summed E-state index contributed by atoms with van der Waals surface area (Å²) in [6, 6.07) is 12.5. The van der Waals surface area contributed by atoms with Crippen molar-refractivity contribution < 1.29 is 19.1 Å². The van der Waals surface area contributed by atoms with Gasteiger partial charge in [0.1, 0.15) is 0 Å². The number of pyridine rings is 1. The number of carbonyl (C=O) groups is 2. The Balaban J connectivity index is 1.75. The van der Waals surface area contributed by atoms with Gasteiger partial charge in [0.15, 0.2) is 19.0 Å². The van der Waals surface area contributed by atoms with E-state index in [0.717, 1.165) is 5.56 Å². The van der Waals surface area contributed by atoms with Crippen LogP contribution in [-0.4, -0.2) is 25.0 Å². The second-order valence-corrected chi connectivity index (χ2v) is 5.14. The van der Waals surface area contributed by atoms with Crippen LogP contribution in [0.3, 0.4) is 0 Å². The topological polar surface area (TPSA) is 82.3 Å². The highest BCUT2D eigenvalue weighted by Crippen LogP contribution is 2.12. The molecule has 0 aliphatic rings. The van der Waals surface area contributed by atoms with Gasteiger partial charge < -0.3 is 15.3 Å². The maximum Gasteiger partial charge on any atom is 0.339 e. The molecular weight excluding hydrogens is 296 g/mol. The Labute approximate surface area is 134 Å². The number of ether oxygens (including phenoxy) is 1. The zero-order valence-corrected chi connectivity index (χ0v) is 12.8. The minimum absolute atomic E-state index is 0.164. The summed E-state index contributed by atoms with van der Waals surface area (Å²) in [5, 5.41) is 13.6. The fourth-order valence-electron chi connectivity index (χ4n) is 1.98. The summed E-state index contributed by atoms with van der Waals surface area (Å²) in [6.07, 6.45) is 2.39. The van der Waals surface area contributed by atoms with E-state index in [0.29, 0.717) is 11.3 Å². The van der Waals surface area contributed by atoms with E-state index >= 15 is 0 Å². The summed E-state index contributed by atoms with van der Waals surface area (Å²) < 4.78 is 5.47. The Kier molecular flexibility index (Phi) is 5.68. The zero-order chi connectivity index (χ0) is 16.7. The predicted molar refractivity (Wildman–Crippen MR) is 83.6 cm³/mol. The molecule has 23 heavy (non-hydrogen) atoms. The molecule has 0 saturated heterocycles. The number of esters is 1. The second-order valence-electron chi connectivity index (χ2n) is 5.14. The molecule has 1 amide bonds. The average Bonchev–Trinajstić information content (AvgIpc) is 2.59. The summed E-state index contributed by atoms with van der Waals surface area (Å²) in [5.41, 5.74) is 1.35. The molecule has 0 spiro atoms. The monoisotopic (exact) mass is 314 g/mol. The lowest BCUT2D eigenvalue weighted by Crippen LogP contribution is -2.32. The van der Waals surface area contributed by atoms with Gasteiger partial charge in [0.2, 0.25) is 0 Å². The Hall–Kier alpha value is -2.89. The number of carbonyl (C=O) groups excluding carboxylic acids is 2. The normalized spacial score (nSPS) is 11.5. The van der Waals surface area contributed by atoms with E-state index in [-0.39, 0.29) is 24.0 Å². The first-order valence-electron chi connectivity index (χ1n) is 7.24. The number of amides is 1. The van der Waals surface area contributed by atoms with Gasteiger partial charge in [0, 0.05) is 18.7 Å². The van der Waals surface area contributed by atoms with Crippen molar-refractivity contribution in [2.24, 2.45) is 0 Å². The number of aromatic nitrogens is 1. The van der Waals surface area contributed by atoms with Crippen LogP contribution in [0.15, 0.2) is 54.9 Å². The lowest BCUT2D eigenvalue weighted by molar-refractivity contribution is -0.605. The van der Waals surface area contributed by atoms with Crippen molar-refractivity contribution in [3.05, 3.63) is 71.2 Å². The molecule has 6 heteroatoms. The Morgan fingerprint density at radius 2 is 1.83 bits per heavy atom. The van der Waals surface area contributed by atoms with E-state index in [1.165, 1.54) is 24.5 Å². The molecule has 1 N–H and O–H groups in total. The molecule has 0 aliphatic heterocycles. The minimum atomic E-state index is -0.642. The van der Waals surface area contributed by atoms with Crippen LogP contribution in [0, 0.1) is 5.21 Å². The first-order chi connectivity index (χ1) is 11.1. The molecule has 1 atom stereocenters. The molecule has 1 heterocycles. The van der Waals surface area contributed by atoms with E-state index in [4.69, 9.17) is 4.74 Å². The van der Waals surface area contributed by atoms with Gasteiger partial charge in [-0.25, -0.2) is 4.79 Å². The smallest absolute Gasteiger partial charge is 0.339 e. The van der Waals surface area contributed by atoms with E-state index in [9.17, 15) is 14.8 Å². The van der Waals surface area contributed by atoms with Gasteiger partial charge in [-0.3, -0.25) is 4.79 Å². The predicted octanol–water partition coefficient (Wildman–Crippen LogP) is 1.40. The van der Waals surface area contributed by atoms with Gasteiger partial charge in [-0.15, -0.1) is 0 Å². The fourth-order valence-corrected chi connectivity index (χ4v) is 1.98. The molecule has 0 radical (unpaired) electrons.